The summed E-state index contributed by atoms with van der Waals surface area (Å²) in [5, 5.41) is 83.2. The summed E-state index contributed by atoms with van der Waals surface area (Å²) < 4.78 is 140. The van der Waals surface area contributed by atoms with Crippen molar-refractivity contribution in [1.29, 1.82) is 0 Å². The first-order valence-corrected chi connectivity index (χ1v) is 37.8. The molecular formula is C80H52BaN8O16S4-2. The monoisotopic (exact) mass is 1650 g/mol. The molecule has 4 N–H and O–H groups in total. The summed E-state index contributed by atoms with van der Waals surface area (Å²) in [6, 6.07) is 80.1. The van der Waals surface area contributed by atoms with Crippen molar-refractivity contribution in [2.75, 3.05) is 0 Å². The van der Waals surface area contributed by atoms with E-state index in [1.165, 1.54) is 48.5 Å². The van der Waals surface area contributed by atoms with Crippen LogP contribution in [0.4, 0.5) is 45.5 Å². The van der Waals surface area contributed by atoms with E-state index in [1.807, 2.05) is 24.3 Å². The zero-order valence-corrected chi connectivity index (χ0v) is 64.0. The van der Waals surface area contributed by atoms with Crippen LogP contribution in [0.5, 0.6) is 23.0 Å². The van der Waals surface area contributed by atoms with Crippen LogP contribution in [-0.2, 0) is 40.5 Å². The quantitative estimate of drug-likeness (QED) is 0.0501. The van der Waals surface area contributed by atoms with Gasteiger partial charge in [0.1, 0.15) is 86.2 Å². The molecule has 0 saturated carbocycles. The predicted octanol–water partition coefficient (Wildman–Crippen LogP) is 19.7. The summed E-state index contributed by atoms with van der Waals surface area (Å²) in [4.78, 5) is -1.69. The molecular weight excluding hydrogens is 1590 g/mol. The molecule has 0 aliphatic heterocycles. The maximum Gasteiger partial charge on any atom is 2.00 e. The second-order valence-corrected chi connectivity index (χ2v) is 29.1. The van der Waals surface area contributed by atoms with Crippen LogP contribution in [0.2, 0.25) is 0 Å². The Hall–Kier alpha value is -11.6. The number of hydrogen-bond acceptors (Lipinski definition) is 24. The van der Waals surface area contributed by atoms with Crippen LogP contribution in [0.15, 0.2) is 352 Å². The van der Waals surface area contributed by atoms with Crippen LogP contribution in [0.3, 0.4) is 0 Å². The smallest absolute Gasteiger partial charge is 0.744 e. The van der Waals surface area contributed by atoms with Gasteiger partial charge in [-0.25, -0.2) is 33.7 Å². The summed E-state index contributed by atoms with van der Waals surface area (Å²) in [6.07, 6.45) is 0. The van der Waals surface area contributed by atoms with Crippen LogP contribution in [0, 0.1) is 0 Å². The molecule has 0 unspecified atom stereocenters. The van der Waals surface area contributed by atoms with Crippen LogP contribution in [0.25, 0.3) is 86.2 Å². The molecule has 0 saturated heterocycles. The minimum atomic E-state index is -4.72. The Kier molecular flexibility index (Phi) is 22.9. The summed E-state index contributed by atoms with van der Waals surface area (Å²) in [5.41, 5.74) is 1.80. The van der Waals surface area contributed by atoms with E-state index >= 15 is 0 Å². The van der Waals surface area contributed by atoms with E-state index in [2.05, 4.69) is 40.9 Å². The van der Waals surface area contributed by atoms with Gasteiger partial charge in [-0.05, 0) is 94.3 Å². The molecule has 0 heterocycles. The average molecular weight is 1650 g/mol. The molecule has 0 aromatic heterocycles. The van der Waals surface area contributed by atoms with Gasteiger partial charge >= 0.3 is 48.9 Å². The molecule has 0 radical (unpaired) electrons. The maximum atomic E-state index is 11.7. The molecule has 24 nitrogen and oxygen atoms in total. The van der Waals surface area contributed by atoms with Crippen LogP contribution >= 0.6 is 0 Å². The van der Waals surface area contributed by atoms with Gasteiger partial charge in [0, 0.05) is 64.6 Å². The van der Waals surface area contributed by atoms with Crippen molar-refractivity contribution in [3.63, 3.8) is 0 Å². The standard InChI is InChI=1S/4C20H14N2O4S.Ba/c4*23-18-11-10-17(15-7-3-4-8-16(15)18)21-22-20-14-6-2-1-5-13(14)9-12-19(20)27(24,25)26;/h4*1-12,23H,(H,24,25,26);/q;;;;+2/p-4. The van der Waals surface area contributed by atoms with E-state index < -0.39 is 60.1 Å². The molecule has 0 atom stereocenters. The van der Waals surface area contributed by atoms with Gasteiger partial charge in [0.15, 0.2) is 0 Å². The summed E-state index contributed by atoms with van der Waals surface area (Å²) in [6.45, 7) is 0. The van der Waals surface area contributed by atoms with E-state index in [1.54, 1.807) is 218 Å². The van der Waals surface area contributed by atoms with Crippen molar-refractivity contribution in [2.45, 2.75) is 19.6 Å². The Morgan fingerprint density at radius 3 is 0.541 bits per heavy atom. The fraction of sp³-hybridized carbons (Fsp3) is 0. The first-order valence-electron chi connectivity index (χ1n) is 32.2. The molecule has 16 aromatic rings. The van der Waals surface area contributed by atoms with E-state index in [9.17, 15) is 72.3 Å². The van der Waals surface area contributed by atoms with Crippen LogP contribution in [-0.4, -0.2) is 121 Å². The molecule has 536 valence electrons. The van der Waals surface area contributed by atoms with Gasteiger partial charge in [-0.3, -0.25) is 0 Å². The fourth-order valence-electron chi connectivity index (χ4n) is 12.0. The third-order valence-electron chi connectivity index (χ3n) is 17.1. The van der Waals surface area contributed by atoms with Gasteiger partial charge in [-0.2, -0.15) is 0 Å². The number of phenolic OH excluding ortho intramolecular Hbond substituents is 4. The molecule has 29 heteroatoms. The van der Waals surface area contributed by atoms with Crippen molar-refractivity contribution < 1.29 is 72.3 Å². The van der Waals surface area contributed by atoms with Crippen molar-refractivity contribution in [2.24, 2.45) is 40.9 Å². The van der Waals surface area contributed by atoms with E-state index in [0.717, 1.165) is 21.5 Å². The minimum Gasteiger partial charge on any atom is -0.744 e. The molecule has 0 bridgehead atoms. The molecule has 109 heavy (non-hydrogen) atoms. The predicted molar refractivity (Wildman–Crippen MR) is 413 cm³/mol. The molecule has 0 aliphatic carbocycles. The summed E-state index contributed by atoms with van der Waals surface area (Å²) in [5.74, 6) is 0.435. The summed E-state index contributed by atoms with van der Waals surface area (Å²) in [7, 11) is -18.9. The average Bonchev–Trinajstić information content (AvgIpc) is 0.788. The fourth-order valence-corrected chi connectivity index (χ4v) is 14.5. The second-order valence-electron chi connectivity index (χ2n) is 23.7. The zero-order valence-electron chi connectivity index (χ0n) is 56.3. The van der Waals surface area contributed by atoms with E-state index in [4.69, 9.17) is 0 Å². The number of rotatable bonds is 12. The number of azo groups is 4. The van der Waals surface area contributed by atoms with Crippen LogP contribution in [0.1, 0.15) is 0 Å². The number of fused-ring (bicyclic) bond motifs is 8. The van der Waals surface area contributed by atoms with Gasteiger partial charge < -0.3 is 38.6 Å². The maximum absolute atomic E-state index is 11.7. The van der Waals surface area contributed by atoms with Crippen LogP contribution < -0.4 is 0 Å². The Balaban J connectivity index is 0.000000135. The molecule has 0 spiro atoms. The molecule has 0 fully saturated rings. The Morgan fingerprint density at radius 1 is 0.193 bits per heavy atom. The van der Waals surface area contributed by atoms with Gasteiger partial charge in [-0.1, -0.05) is 218 Å². The van der Waals surface area contributed by atoms with Gasteiger partial charge in [0.2, 0.25) is 0 Å². The van der Waals surface area contributed by atoms with Gasteiger partial charge in [0.05, 0.1) is 42.3 Å². The SMILES string of the molecule is O=S(=O)([O-])c1ccc2ccccc2c1N=Nc1ccc(O)c2ccccc12.O=S(=O)([O-])c1ccc2ccccc2c1N=Nc1ccc(O)c2ccccc12.O=S(=O)([O-])c1ccc2ccccc2c1N=Nc1ccc(O)c2ccccc12.O=S(=O)([O-])c1ccc2ccccc2c1N=Nc1ccc(O)c2ccccc12.[Ba+2]. The number of benzene rings is 16. The van der Waals surface area contributed by atoms with Crippen molar-refractivity contribution in [3.8, 4) is 23.0 Å². The van der Waals surface area contributed by atoms with E-state index in [0.29, 0.717) is 87.4 Å². The normalized spacial score (nSPS) is 12.1. The Labute approximate surface area is 661 Å². The second kappa shape index (κ2) is 32.5. The number of nitrogens with zero attached hydrogens (tertiary/aromatic N) is 8. The Bertz CT molecular complexity index is 6090. The third kappa shape index (κ3) is 17.1. The topological polar surface area (TPSA) is 409 Å². The van der Waals surface area contributed by atoms with Crippen molar-refractivity contribution in [1.82, 2.24) is 0 Å². The van der Waals surface area contributed by atoms with Crippen molar-refractivity contribution in [3.05, 3.63) is 291 Å². The van der Waals surface area contributed by atoms with E-state index in [-0.39, 0.29) is 94.6 Å². The minimum absolute atomic E-state index is 0. The first kappa shape index (κ1) is 77.0. The number of aromatic hydroxyl groups is 4. The van der Waals surface area contributed by atoms with Crippen molar-refractivity contribution >= 4 is 221 Å². The number of phenols is 4. The van der Waals surface area contributed by atoms with Gasteiger partial charge in [-0.15, -0.1) is 40.9 Å². The zero-order chi connectivity index (χ0) is 76.1. The molecule has 16 rings (SSSR count). The molecule has 0 aliphatic rings. The summed E-state index contributed by atoms with van der Waals surface area (Å²) >= 11 is 0. The number of hydrogen-bond donors (Lipinski definition) is 4. The molecule has 16 aromatic carbocycles. The third-order valence-corrected chi connectivity index (χ3v) is 20.5. The largest absolute Gasteiger partial charge is 2.00 e. The first-order chi connectivity index (χ1) is 51.8. The van der Waals surface area contributed by atoms with Gasteiger partial charge in [0.25, 0.3) is 0 Å². The molecule has 0 amide bonds. The Morgan fingerprint density at radius 2 is 0.358 bits per heavy atom.